The van der Waals surface area contributed by atoms with E-state index in [1.165, 1.54) is 11.0 Å². The lowest BCUT2D eigenvalue weighted by Crippen LogP contribution is -2.44. The van der Waals surface area contributed by atoms with Crippen LogP contribution in [0.2, 0.25) is 0 Å². The molecule has 0 fully saturated rings. The Bertz CT molecular complexity index is 407. The first-order valence-electron chi connectivity index (χ1n) is 6.28. The SMILES string of the molecule is CCN(C(=O)[C@H](N)CC(C)C)c1ccccc1F. The molecule has 1 amide bonds. The first-order valence-corrected chi connectivity index (χ1v) is 6.28. The number of nitrogens with zero attached hydrogens (tertiary/aromatic N) is 1. The van der Waals surface area contributed by atoms with Crippen molar-refractivity contribution in [3.05, 3.63) is 30.1 Å². The van der Waals surface area contributed by atoms with Crippen LogP contribution in [0.5, 0.6) is 0 Å². The first kappa shape index (κ1) is 14.6. The number of hydrogen-bond acceptors (Lipinski definition) is 2. The highest BCUT2D eigenvalue weighted by Crippen LogP contribution is 2.20. The van der Waals surface area contributed by atoms with Crippen molar-refractivity contribution in [3.8, 4) is 0 Å². The van der Waals surface area contributed by atoms with Crippen molar-refractivity contribution >= 4 is 11.6 Å². The van der Waals surface area contributed by atoms with Gasteiger partial charge in [0.15, 0.2) is 0 Å². The predicted octanol–water partition coefficient (Wildman–Crippen LogP) is 2.55. The van der Waals surface area contributed by atoms with Crippen molar-refractivity contribution in [1.82, 2.24) is 0 Å². The molecule has 100 valence electrons. The van der Waals surface area contributed by atoms with E-state index in [0.29, 0.717) is 24.6 Å². The topological polar surface area (TPSA) is 46.3 Å². The second-order valence-corrected chi connectivity index (χ2v) is 4.77. The number of amides is 1. The van der Waals surface area contributed by atoms with Crippen molar-refractivity contribution in [2.75, 3.05) is 11.4 Å². The van der Waals surface area contributed by atoms with Crippen molar-refractivity contribution in [1.29, 1.82) is 0 Å². The van der Waals surface area contributed by atoms with Gasteiger partial charge in [0.25, 0.3) is 0 Å². The van der Waals surface area contributed by atoms with Gasteiger partial charge in [-0.1, -0.05) is 26.0 Å². The minimum absolute atomic E-state index is 0.226. The smallest absolute Gasteiger partial charge is 0.243 e. The van der Waals surface area contributed by atoms with Gasteiger partial charge < -0.3 is 10.6 Å². The van der Waals surface area contributed by atoms with Gasteiger partial charge in [0, 0.05) is 6.54 Å². The molecule has 1 rings (SSSR count). The molecule has 1 aromatic carbocycles. The Kier molecular flexibility index (Phi) is 5.28. The van der Waals surface area contributed by atoms with Gasteiger partial charge in [-0.2, -0.15) is 0 Å². The molecule has 4 heteroatoms. The largest absolute Gasteiger partial charge is 0.320 e. The molecule has 0 aliphatic rings. The molecule has 18 heavy (non-hydrogen) atoms. The zero-order valence-electron chi connectivity index (χ0n) is 11.2. The molecule has 3 nitrogen and oxygen atoms in total. The summed E-state index contributed by atoms with van der Waals surface area (Å²) < 4.78 is 13.7. The van der Waals surface area contributed by atoms with Gasteiger partial charge in [0.2, 0.25) is 5.91 Å². The molecule has 1 aromatic rings. The van der Waals surface area contributed by atoms with Crippen LogP contribution >= 0.6 is 0 Å². The number of likely N-dealkylation sites (N-methyl/N-ethyl adjacent to an activating group) is 1. The van der Waals surface area contributed by atoms with Crippen LogP contribution in [0.25, 0.3) is 0 Å². The summed E-state index contributed by atoms with van der Waals surface area (Å²) in [6, 6.07) is 5.68. The Balaban J connectivity index is 2.90. The summed E-state index contributed by atoms with van der Waals surface area (Å²) in [5, 5.41) is 0. The fourth-order valence-corrected chi connectivity index (χ4v) is 1.92. The maximum Gasteiger partial charge on any atom is 0.243 e. The molecule has 2 N–H and O–H groups in total. The van der Waals surface area contributed by atoms with Crippen LogP contribution in [0, 0.1) is 11.7 Å². The van der Waals surface area contributed by atoms with Gasteiger partial charge in [-0.25, -0.2) is 4.39 Å². The summed E-state index contributed by atoms with van der Waals surface area (Å²) in [5.74, 6) is -0.288. The third-order valence-corrected chi connectivity index (χ3v) is 2.77. The summed E-state index contributed by atoms with van der Waals surface area (Å²) in [6.07, 6.45) is 0.601. The number of nitrogens with two attached hydrogens (primary N) is 1. The van der Waals surface area contributed by atoms with Crippen LogP contribution in [0.3, 0.4) is 0 Å². The van der Waals surface area contributed by atoms with Crippen LogP contribution in [-0.4, -0.2) is 18.5 Å². The predicted molar refractivity (Wildman–Crippen MR) is 71.9 cm³/mol. The molecule has 0 radical (unpaired) electrons. The summed E-state index contributed by atoms with van der Waals surface area (Å²) >= 11 is 0. The van der Waals surface area contributed by atoms with E-state index in [2.05, 4.69) is 0 Å². The minimum Gasteiger partial charge on any atom is -0.320 e. The van der Waals surface area contributed by atoms with E-state index < -0.39 is 11.9 Å². The van der Waals surface area contributed by atoms with Crippen molar-refractivity contribution in [3.63, 3.8) is 0 Å². The number of rotatable bonds is 5. The lowest BCUT2D eigenvalue weighted by atomic mass is 10.0. The van der Waals surface area contributed by atoms with Gasteiger partial charge in [-0.05, 0) is 31.4 Å². The van der Waals surface area contributed by atoms with Gasteiger partial charge in [-0.3, -0.25) is 4.79 Å². The molecule has 0 unspecified atom stereocenters. The van der Waals surface area contributed by atoms with Crippen LogP contribution in [0.4, 0.5) is 10.1 Å². The normalized spacial score (nSPS) is 12.6. The van der Waals surface area contributed by atoms with Gasteiger partial charge in [0.05, 0.1) is 11.7 Å². The molecule has 0 aliphatic heterocycles. The quantitative estimate of drug-likeness (QED) is 0.875. The van der Waals surface area contributed by atoms with Gasteiger partial charge >= 0.3 is 0 Å². The van der Waals surface area contributed by atoms with E-state index in [9.17, 15) is 9.18 Å². The average Bonchev–Trinajstić information content (AvgIpc) is 2.31. The number of anilines is 1. The van der Waals surface area contributed by atoms with Crippen molar-refractivity contribution in [2.45, 2.75) is 33.2 Å². The monoisotopic (exact) mass is 252 g/mol. The number of para-hydroxylation sites is 1. The zero-order valence-corrected chi connectivity index (χ0v) is 11.2. The highest BCUT2D eigenvalue weighted by atomic mass is 19.1. The fraction of sp³-hybridized carbons (Fsp3) is 0.500. The number of halogens is 1. The maximum absolute atomic E-state index is 13.7. The third kappa shape index (κ3) is 3.53. The van der Waals surface area contributed by atoms with Gasteiger partial charge in [-0.15, -0.1) is 0 Å². The Morgan fingerprint density at radius 1 is 1.39 bits per heavy atom. The van der Waals surface area contributed by atoms with E-state index in [0.717, 1.165) is 0 Å². The Morgan fingerprint density at radius 2 is 2.00 bits per heavy atom. The van der Waals surface area contributed by atoms with Crippen LogP contribution < -0.4 is 10.6 Å². The maximum atomic E-state index is 13.7. The summed E-state index contributed by atoms with van der Waals surface area (Å²) in [5.41, 5.74) is 6.16. The van der Waals surface area contributed by atoms with Crippen LogP contribution in [-0.2, 0) is 4.79 Å². The number of carbonyl (C=O) groups excluding carboxylic acids is 1. The third-order valence-electron chi connectivity index (χ3n) is 2.77. The molecule has 0 bridgehead atoms. The first-order chi connectivity index (χ1) is 8.47. The fourth-order valence-electron chi connectivity index (χ4n) is 1.92. The van der Waals surface area contributed by atoms with E-state index in [1.54, 1.807) is 18.2 Å². The Morgan fingerprint density at radius 3 is 2.50 bits per heavy atom. The van der Waals surface area contributed by atoms with Crippen molar-refractivity contribution < 1.29 is 9.18 Å². The molecule has 0 heterocycles. The lowest BCUT2D eigenvalue weighted by Gasteiger charge is -2.25. The second-order valence-electron chi connectivity index (χ2n) is 4.77. The van der Waals surface area contributed by atoms with E-state index >= 15 is 0 Å². The number of benzene rings is 1. The zero-order chi connectivity index (χ0) is 13.7. The molecule has 0 saturated heterocycles. The highest BCUT2D eigenvalue weighted by Gasteiger charge is 2.23. The molecule has 0 saturated carbocycles. The molecular formula is C14H21FN2O. The highest BCUT2D eigenvalue weighted by molar-refractivity contribution is 5.97. The Hall–Kier alpha value is -1.42. The van der Waals surface area contributed by atoms with Crippen LogP contribution in [0.1, 0.15) is 27.2 Å². The van der Waals surface area contributed by atoms with E-state index in [1.807, 2.05) is 20.8 Å². The summed E-state index contributed by atoms with van der Waals surface area (Å²) in [6.45, 7) is 6.23. The standard InChI is InChI=1S/C14H21FN2O/c1-4-17(13-8-6-5-7-11(13)15)14(18)12(16)9-10(2)3/h5-8,10,12H,4,9,16H2,1-3H3/t12-/m1/s1. The van der Waals surface area contributed by atoms with E-state index in [-0.39, 0.29) is 5.91 Å². The minimum atomic E-state index is -0.579. The Labute approximate surface area is 108 Å². The number of hydrogen-bond donors (Lipinski definition) is 1. The second kappa shape index (κ2) is 6.50. The average molecular weight is 252 g/mol. The van der Waals surface area contributed by atoms with Crippen LogP contribution in [0.15, 0.2) is 24.3 Å². The molecule has 0 aromatic heterocycles. The van der Waals surface area contributed by atoms with Crippen molar-refractivity contribution in [2.24, 2.45) is 11.7 Å². The lowest BCUT2D eigenvalue weighted by molar-refractivity contribution is -0.120. The molecular weight excluding hydrogens is 231 g/mol. The summed E-state index contributed by atoms with van der Waals surface area (Å²) in [4.78, 5) is 13.6. The van der Waals surface area contributed by atoms with Gasteiger partial charge in [0.1, 0.15) is 5.82 Å². The molecule has 0 aliphatic carbocycles. The molecule has 1 atom stereocenters. The molecule has 0 spiro atoms. The number of carbonyl (C=O) groups is 1. The van der Waals surface area contributed by atoms with E-state index in [4.69, 9.17) is 5.73 Å². The summed E-state index contributed by atoms with van der Waals surface area (Å²) in [7, 11) is 0.